The normalized spacial score (nSPS) is 21.5. The van der Waals surface area contributed by atoms with E-state index in [1.807, 2.05) is 0 Å². The summed E-state index contributed by atoms with van der Waals surface area (Å²) in [5.41, 5.74) is 6.24. The van der Waals surface area contributed by atoms with Crippen molar-refractivity contribution in [2.24, 2.45) is 11.1 Å². The number of hydrogen-bond donors (Lipinski definition) is 1. The molecule has 2 N–H and O–H groups in total. The highest BCUT2D eigenvalue weighted by molar-refractivity contribution is 4.87. The molecule has 0 saturated carbocycles. The summed E-state index contributed by atoms with van der Waals surface area (Å²) in [6.45, 7) is 14.7. The van der Waals surface area contributed by atoms with Gasteiger partial charge in [0.1, 0.15) is 0 Å². The molecule has 1 rings (SSSR count). The molecule has 1 saturated heterocycles. The number of nitrogens with two attached hydrogens (primary N) is 1. The van der Waals surface area contributed by atoms with Gasteiger partial charge in [-0.25, -0.2) is 0 Å². The summed E-state index contributed by atoms with van der Waals surface area (Å²) in [5.74, 6) is 0. The van der Waals surface area contributed by atoms with E-state index in [2.05, 4.69) is 49.6 Å². The van der Waals surface area contributed by atoms with E-state index in [0.717, 1.165) is 26.2 Å². The van der Waals surface area contributed by atoms with Gasteiger partial charge >= 0.3 is 0 Å². The highest BCUT2D eigenvalue weighted by atomic mass is 15.3. The molecule has 0 aliphatic carbocycles. The van der Waals surface area contributed by atoms with Gasteiger partial charge in [0.05, 0.1) is 0 Å². The first-order valence-electron chi connectivity index (χ1n) is 7.16. The summed E-state index contributed by atoms with van der Waals surface area (Å²) in [6, 6.07) is 0.508. The largest absolute Gasteiger partial charge is 0.329 e. The van der Waals surface area contributed by atoms with Gasteiger partial charge in [-0.3, -0.25) is 9.80 Å². The highest BCUT2D eigenvalue weighted by Crippen LogP contribution is 2.24. The van der Waals surface area contributed by atoms with Crippen molar-refractivity contribution in [3.63, 3.8) is 0 Å². The predicted molar refractivity (Wildman–Crippen MR) is 78.9 cm³/mol. The molecule has 0 amide bonds. The first-order valence-corrected chi connectivity index (χ1v) is 7.16. The van der Waals surface area contributed by atoms with Crippen LogP contribution in [0.1, 0.15) is 20.8 Å². The van der Waals surface area contributed by atoms with Crippen molar-refractivity contribution in [2.75, 3.05) is 59.9 Å². The van der Waals surface area contributed by atoms with Crippen molar-refractivity contribution in [1.29, 1.82) is 0 Å². The molecule has 1 unspecified atom stereocenters. The summed E-state index contributed by atoms with van der Waals surface area (Å²) in [6.07, 6.45) is 0. The van der Waals surface area contributed by atoms with E-state index in [9.17, 15) is 0 Å². The molecule has 1 heterocycles. The molecule has 108 valence electrons. The lowest BCUT2D eigenvalue weighted by Crippen LogP contribution is -2.56. The predicted octanol–water partition coefficient (Wildman–Crippen LogP) is 0.539. The third kappa shape index (κ3) is 4.84. The van der Waals surface area contributed by atoms with Crippen LogP contribution in [-0.4, -0.2) is 80.7 Å². The number of rotatable bonds is 5. The lowest BCUT2D eigenvalue weighted by Gasteiger charge is -2.44. The van der Waals surface area contributed by atoms with Crippen molar-refractivity contribution < 1.29 is 0 Å². The van der Waals surface area contributed by atoms with E-state index < -0.39 is 0 Å². The van der Waals surface area contributed by atoms with Gasteiger partial charge < -0.3 is 10.6 Å². The fourth-order valence-corrected chi connectivity index (χ4v) is 2.69. The molecule has 1 atom stereocenters. The number of hydrogen-bond acceptors (Lipinski definition) is 4. The minimum absolute atomic E-state index is 0.278. The van der Waals surface area contributed by atoms with Crippen molar-refractivity contribution in [1.82, 2.24) is 14.7 Å². The van der Waals surface area contributed by atoms with Gasteiger partial charge in [-0.15, -0.1) is 0 Å². The molecule has 0 bridgehead atoms. The topological polar surface area (TPSA) is 35.7 Å². The molecule has 4 heteroatoms. The zero-order chi connectivity index (χ0) is 13.8. The summed E-state index contributed by atoms with van der Waals surface area (Å²) >= 11 is 0. The molecule has 0 aromatic rings. The minimum atomic E-state index is 0.278. The van der Waals surface area contributed by atoms with Gasteiger partial charge in [0.15, 0.2) is 0 Å². The first kappa shape index (κ1) is 15.9. The van der Waals surface area contributed by atoms with Crippen molar-refractivity contribution in [3.05, 3.63) is 0 Å². The van der Waals surface area contributed by atoms with E-state index in [1.54, 1.807) is 0 Å². The molecular formula is C14H32N4. The average molecular weight is 256 g/mol. The smallest absolute Gasteiger partial charge is 0.0267 e. The molecule has 18 heavy (non-hydrogen) atoms. The third-order valence-corrected chi connectivity index (χ3v) is 3.93. The zero-order valence-corrected chi connectivity index (χ0v) is 12.9. The highest BCUT2D eigenvalue weighted by Gasteiger charge is 2.31. The van der Waals surface area contributed by atoms with Crippen LogP contribution in [-0.2, 0) is 0 Å². The SMILES string of the molecule is CN(C)CCN1CCN(C(CN)C(C)(C)C)CC1. The van der Waals surface area contributed by atoms with Crippen LogP contribution in [0.15, 0.2) is 0 Å². The van der Waals surface area contributed by atoms with Gasteiger partial charge in [0.2, 0.25) is 0 Å². The maximum Gasteiger partial charge on any atom is 0.0267 e. The molecule has 0 aromatic carbocycles. The Bertz CT molecular complexity index is 226. The maximum atomic E-state index is 5.96. The van der Waals surface area contributed by atoms with Gasteiger partial charge in [-0.2, -0.15) is 0 Å². The molecule has 1 fully saturated rings. The van der Waals surface area contributed by atoms with Crippen molar-refractivity contribution in [2.45, 2.75) is 26.8 Å². The zero-order valence-electron chi connectivity index (χ0n) is 12.9. The minimum Gasteiger partial charge on any atom is -0.329 e. The van der Waals surface area contributed by atoms with E-state index in [1.165, 1.54) is 19.6 Å². The number of piperazine rings is 1. The van der Waals surface area contributed by atoms with Crippen LogP contribution in [0.2, 0.25) is 0 Å². The monoisotopic (exact) mass is 256 g/mol. The number of nitrogens with zero attached hydrogens (tertiary/aromatic N) is 3. The van der Waals surface area contributed by atoms with Gasteiger partial charge in [0.25, 0.3) is 0 Å². The standard InChI is InChI=1S/C14H32N4/c1-14(2,3)13(12-15)18-10-8-17(9-11-18)7-6-16(4)5/h13H,6-12,15H2,1-5H3. The molecule has 4 nitrogen and oxygen atoms in total. The van der Waals surface area contributed by atoms with Crippen LogP contribution in [0.4, 0.5) is 0 Å². The first-order chi connectivity index (χ1) is 8.34. The molecule has 0 spiro atoms. The summed E-state index contributed by atoms with van der Waals surface area (Å²) in [4.78, 5) is 7.39. The van der Waals surface area contributed by atoms with Gasteiger partial charge in [-0.05, 0) is 19.5 Å². The lowest BCUT2D eigenvalue weighted by atomic mass is 9.85. The molecule has 0 aromatic heterocycles. The van der Waals surface area contributed by atoms with Crippen LogP contribution < -0.4 is 5.73 Å². The van der Waals surface area contributed by atoms with E-state index >= 15 is 0 Å². The summed E-state index contributed by atoms with van der Waals surface area (Å²) in [5, 5.41) is 0. The second-order valence-electron chi connectivity index (χ2n) is 6.80. The Morgan fingerprint density at radius 3 is 2.06 bits per heavy atom. The maximum absolute atomic E-state index is 5.96. The van der Waals surface area contributed by atoms with Gasteiger partial charge in [0, 0.05) is 51.9 Å². The quantitative estimate of drug-likeness (QED) is 0.779. The second kappa shape index (κ2) is 6.85. The Kier molecular flexibility index (Phi) is 6.05. The van der Waals surface area contributed by atoms with E-state index in [4.69, 9.17) is 5.73 Å². The number of likely N-dealkylation sites (N-methyl/N-ethyl adjacent to an activating group) is 1. The van der Waals surface area contributed by atoms with Crippen molar-refractivity contribution in [3.8, 4) is 0 Å². The van der Waals surface area contributed by atoms with Crippen LogP contribution in [0.25, 0.3) is 0 Å². The van der Waals surface area contributed by atoms with Crippen LogP contribution >= 0.6 is 0 Å². The lowest BCUT2D eigenvalue weighted by molar-refractivity contribution is 0.0479. The van der Waals surface area contributed by atoms with Crippen LogP contribution in [0, 0.1) is 5.41 Å². The Morgan fingerprint density at radius 1 is 1.11 bits per heavy atom. The van der Waals surface area contributed by atoms with Crippen LogP contribution in [0.3, 0.4) is 0 Å². The molecule has 1 aliphatic rings. The van der Waals surface area contributed by atoms with Crippen molar-refractivity contribution >= 4 is 0 Å². The second-order valence-corrected chi connectivity index (χ2v) is 6.80. The summed E-state index contributed by atoms with van der Waals surface area (Å²) in [7, 11) is 4.28. The Hall–Kier alpha value is -0.160. The summed E-state index contributed by atoms with van der Waals surface area (Å²) < 4.78 is 0. The molecular weight excluding hydrogens is 224 g/mol. The molecule has 1 aliphatic heterocycles. The fraction of sp³-hybridized carbons (Fsp3) is 1.00. The van der Waals surface area contributed by atoms with E-state index in [0.29, 0.717) is 6.04 Å². The Balaban J connectivity index is 2.38. The fourth-order valence-electron chi connectivity index (χ4n) is 2.69. The molecule has 0 radical (unpaired) electrons. The Morgan fingerprint density at radius 2 is 1.67 bits per heavy atom. The van der Waals surface area contributed by atoms with E-state index in [-0.39, 0.29) is 5.41 Å². The third-order valence-electron chi connectivity index (χ3n) is 3.93. The van der Waals surface area contributed by atoms with Gasteiger partial charge in [-0.1, -0.05) is 20.8 Å². The van der Waals surface area contributed by atoms with Crippen LogP contribution in [0.5, 0.6) is 0 Å². The Labute approximate surface area is 113 Å². The average Bonchev–Trinajstić information content (AvgIpc) is 2.27.